The molecule has 198 valence electrons. The Labute approximate surface area is 229 Å². The van der Waals surface area contributed by atoms with Crippen LogP contribution in [0.5, 0.6) is 5.75 Å². The summed E-state index contributed by atoms with van der Waals surface area (Å²) in [5, 5.41) is 12.0. The summed E-state index contributed by atoms with van der Waals surface area (Å²) < 4.78 is 10.8. The monoisotopic (exact) mass is 554 g/mol. The zero-order valence-corrected chi connectivity index (χ0v) is 23.0. The molecule has 1 aliphatic heterocycles. The van der Waals surface area contributed by atoms with Gasteiger partial charge in [-0.1, -0.05) is 42.0 Å². The number of aryl methyl sites for hydroxylation is 2. The molecule has 0 aliphatic carbocycles. The van der Waals surface area contributed by atoms with Crippen molar-refractivity contribution in [3.63, 3.8) is 0 Å². The fourth-order valence-corrected chi connectivity index (χ4v) is 5.44. The van der Waals surface area contributed by atoms with E-state index < -0.39 is 23.7 Å². The summed E-state index contributed by atoms with van der Waals surface area (Å²) in [6, 6.07) is 10.8. The number of hydrogen-bond acceptors (Lipinski definition) is 8. The maximum absolute atomic E-state index is 13.4. The number of thiazole rings is 1. The SMILES string of the molecule is CCCOc1ccc(C(O)=C2C(=O)C(=O)N(c3nc(C)c(C(=O)OCC)s3)[C@@H]2c2cccc(Cl)c2)c(C)c1. The van der Waals surface area contributed by atoms with Crippen LogP contribution in [0.2, 0.25) is 5.02 Å². The van der Waals surface area contributed by atoms with E-state index in [1.165, 1.54) is 4.90 Å². The minimum absolute atomic E-state index is 0.104. The van der Waals surface area contributed by atoms with Gasteiger partial charge in [0.2, 0.25) is 0 Å². The molecule has 1 fully saturated rings. The molecular formula is C28H27ClN2O6S. The second-order valence-electron chi connectivity index (χ2n) is 8.68. The molecule has 8 nitrogen and oxygen atoms in total. The Morgan fingerprint density at radius 3 is 2.58 bits per heavy atom. The van der Waals surface area contributed by atoms with Gasteiger partial charge in [-0.25, -0.2) is 9.78 Å². The Kier molecular flexibility index (Phi) is 8.18. The van der Waals surface area contributed by atoms with E-state index in [1.807, 2.05) is 6.92 Å². The van der Waals surface area contributed by atoms with Crippen molar-refractivity contribution >= 4 is 51.5 Å². The lowest BCUT2D eigenvalue weighted by atomic mass is 9.94. The number of aliphatic hydroxyl groups excluding tert-OH is 1. The lowest BCUT2D eigenvalue weighted by molar-refractivity contribution is -0.132. The summed E-state index contributed by atoms with van der Waals surface area (Å²) in [7, 11) is 0. The van der Waals surface area contributed by atoms with Gasteiger partial charge in [0, 0.05) is 10.6 Å². The number of aromatic nitrogens is 1. The van der Waals surface area contributed by atoms with E-state index in [-0.39, 0.29) is 27.9 Å². The number of aliphatic hydroxyl groups is 1. The Morgan fingerprint density at radius 1 is 1.16 bits per heavy atom. The number of carbonyl (C=O) groups is 3. The molecule has 0 unspecified atom stereocenters. The van der Waals surface area contributed by atoms with Crippen molar-refractivity contribution in [3.8, 4) is 5.75 Å². The van der Waals surface area contributed by atoms with Crippen LogP contribution in [0.1, 0.15) is 58.4 Å². The maximum Gasteiger partial charge on any atom is 0.350 e. The van der Waals surface area contributed by atoms with Crippen LogP contribution in [0.25, 0.3) is 5.76 Å². The first-order valence-electron chi connectivity index (χ1n) is 12.1. The van der Waals surface area contributed by atoms with Crippen LogP contribution in [0.15, 0.2) is 48.0 Å². The van der Waals surface area contributed by atoms with E-state index >= 15 is 0 Å². The van der Waals surface area contributed by atoms with Crippen LogP contribution in [0.4, 0.5) is 5.13 Å². The zero-order chi connectivity index (χ0) is 27.6. The third-order valence-electron chi connectivity index (χ3n) is 5.99. The molecule has 2 aromatic carbocycles. The topological polar surface area (TPSA) is 106 Å². The molecule has 3 aromatic rings. The van der Waals surface area contributed by atoms with E-state index in [0.29, 0.717) is 39.8 Å². The molecule has 1 aromatic heterocycles. The van der Waals surface area contributed by atoms with Crippen molar-refractivity contribution in [3.05, 3.63) is 80.3 Å². The smallest absolute Gasteiger partial charge is 0.350 e. The normalized spacial score (nSPS) is 16.7. The quantitative estimate of drug-likeness (QED) is 0.157. The van der Waals surface area contributed by atoms with Gasteiger partial charge in [-0.2, -0.15) is 0 Å². The van der Waals surface area contributed by atoms with E-state index in [1.54, 1.807) is 63.2 Å². The van der Waals surface area contributed by atoms with Crippen LogP contribution in [0, 0.1) is 13.8 Å². The van der Waals surface area contributed by atoms with Gasteiger partial charge in [0.05, 0.1) is 30.5 Å². The van der Waals surface area contributed by atoms with Gasteiger partial charge in [-0.05, 0) is 68.7 Å². The van der Waals surface area contributed by atoms with Crippen molar-refractivity contribution < 1.29 is 29.0 Å². The minimum atomic E-state index is -1.02. The lowest BCUT2D eigenvalue weighted by Crippen LogP contribution is -2.29. The molecule has 10 heteroatoms. The molecule has 0 radical (unpaired) electrons. The number of Topliss-reactive ketones (excluding diaryl/α,β-unsaturated/α-hetero) is 1. The first kappa shape index (κ1) is 27.3. The number of esters is 1. The number of ketones is 1. The van der Waals surface area contributed by atoms with Crippen molar-refractivity contribution in [2.45, 2.75) is 40.2 Å². The van der Waals surface area contributed by atoms with E-state index in [0.717, 1.165) is 17.8 Å². The summed E-state index contributed by atoms with van der Waals surface area (Å²) in [5.74, 6) is -2.00. The number of halogens is 1. The molecule has 1 N–H and O–H groups in total. The molecule has 0 bridgehead atoms. The van der Waals surface area contributed by atoms with Gasteiger partial charge in [0.1, 0.15) is 16.4 Å². The second-order valence-corrected chi connectivity index (χ2v) is 10.1. The zero-order valence-electron chi connectivity index (χ0n) is 21.4. The Bertz CT molecular complexity index is 1450. The van der Waals surface area contributed by atoms with E-state index in [9.17, 15) is 19.5 Å². The van der Waals surface area contributed by atoms with Crippen LogP contribution in [0.3, 0.4) is 0 Å². The minimum Gasteiger partial charge on any atom is -0.507 e. The number of benzene rings is 2. The number of rotatable bonds is 8. The summed E-state index contributed by atoms with van der Waals surface area (Å²) in [5.41, 5.74) is 1.83. The molecule has 0 saturated carbocycles. The highest BCUT2D eigenvalue weighted by molar-refractivity contribution is 7.17. The second kappa shape index (κ2) is 11.4. The highest BCUT2D eigenvalue weighted by Crippen LogP contribution is 2.44. The molecule has 1 atom stereocenters. The van der Waals surface area contributed by atoms with Crippen LogP contribution >= 0.6 is 22.9 Å². The molecule has 1 saturated heterocycles. The predicted molar refractivity (Wildman–Crippen MR) is 146 cm³/mol. The van der Waals surface area contributed by atoms with Gasteiger partial charge >= 0.3 is 11.9 Å². The number of nitrogens with zero attached hydrogens (tertiary/aromatic N) is 2. The third kappa shape index (κ3) is 5.16. The van der Waals surface area contributed by atoms with E-state index in [2.05, 4.69) is 4.98 Å². The summed E-state index contributed by atoms with van der Waals surface area (Å²) in [6.45, 7) is 7.83. The molecular weight excluding hydrogens is 528 g/mol. The highest BCUT2D eigenvalue weighted by atomic mass is 35.5. The number of carbonyl (C=O) groups excluding carboxylic acids is 3. The van der Waals surface area contributed by atoms with Crippen molar-refractivity contribution in [1.82, 2.24) is 4.98 Å². The van der Waals surface area contributed by atoms with Crippen molar-refractivity contribution in [2.75, 3.05) is 18.1 Å². The summed E-state index contributed by atoms with van der Waals surface area (Å²) in [4.78, 5) is 45.1. The predicted octanol–water partition coefficient (Wildman–Crippen LogP) is 6.01. The number of ether oxygens (including phenoxy) is 2. The standard InChI is InChI=1S/C28H27ClN2O6S/c1-5-12-37-19-10-11-20(15(3)13-19)23(32)21-22(17-8-7-9-18(29)14-17)31(26(34)24(21)33)28-30-16(4)25(38-28)27(35)36-6-2/h7-11,13-14,22,32H,5-6,12H2,1-4H3/t22-/m1/s1. The first-order chi connectivity index (χ1) is 18.2. The lowest BCUT2D eigenvalue weighted by Gasteiger charge is -2.23. The van der Waals surface area contributed by atoms with Gasteiger partial charge in [-0.15, -0.1) is 0 Å². The maximum atomic E-state index is 13.4. The van der Waals surface area contributed by atoms with Crippen molar-refractivity contribution in [2.24, 2.45) is 0 Å². The van der Waals surface area contributed by atoms with Gasteiger partial charge in [0.25, 0.3) is 5.78 Å². The molecule has 1 amide bonds. The largest absolute Gasteiger partial charge is 0.507 e. The molecule has 0 spiro atoms. The Balaban J connectivity index is 1.88. The Hall–Kier alpha value is -3.69. The molecule has 38 heavy (non-hydrogen) atoms. The number of amides is 1. The summed E-state index contributed by atoms with van der Waals surface area (Å²) in [6.07, 6.45) is 0.845. The average Bonchev–Trinajstić information content (AvgIpc) is 3.39. The van der Waals surface area contributed by atoms with Crippen LogP contribution in [-0.4, -0.2) is 41.0 Å². The summed E-state index contributed by atoms with van der Waals surface area (Å²) >= 11 is 7.22. The fourth-order valence-electron chi connectivity index (χ4n) is 4.25. The molecule has 2 heterocycles. The van der Waals surface area contributed by atoms with Crippen molar-refractivity contribution in [1.29, 1.82) is 0 Å². The van der Waals surface area contributed by atoms with Crippen LogP contribution in [-0.2, 0) is 14.3 Å². The first-order valence-corrected chi connectivity index (χ1v) is 13.3. The Morgan fingerprint density at radius 2 is 1.92 bits per heavy atom. The molecule has 1 aliphatic rings. The molecule has 4 rings (SSSR count). The van der Waals surface area contributed by atoms with Gasteiger partial charge in [0.15, 0.2) is 5.13 Å². The van der Waals surface area contributed by atoms with E-state index in [4.69, 9.17) is 21.1 Å². The number of anilines is 1. The van der Waals surface area contributed by atoms with Gasteiger partial charge in [-0.3, -0.25) is 14.5 Å². The number of hydrogen-bond donors (Lipinski definition) is 1. The fraction of sp³-hybridized carbons (Fsp3) is 0.286. The van der Waals surface area contributed by atoms with Crippen LogP contribution < -0.4 is 9.64 Å². The highest BCUT2D eigenvalue weighted by Gasteiger charge is 2.48. The average molecular weight is 555 g/mol. The van der Waals surface area contributed by atoms with Gasteiger partial charge < -0.3 is 14.6 Å². The third-order valence-corrected chi connectivity index (χ3v) is 7.36.